The quantitative estimate of drug-likeness (QED) is 0.897. The van der Waals surface area contributed by atoms with Gasteiger partial charge in [0.15, 0.2) is 0 Å². The maximum Gasteiger partial charge on any atom is 0.318 e. The van der Waals surface area contributed by atoms with Crippen molar-refractivity contribution >= 4 is 16.8 Å². The monoisotopic (exact) mass is 342 g/mol. The second-order valence-corrected chi connectivity index (χ2v) is 6.75. The van der Waals surface area contributed by atoms with Crippen LogP contribution in [0.1, 0.15) is 31.9 Å². The highest BCUT2D eigenvalue weighted by Gasteiger charge is 2.29. The Bertz CT molecular complexity index is 726. The fourth-order valence-electron chi connectivity index (χ4n) is 3.49. The summed E-state index contributed by atoms with van der Waals surface area (Å²) in [5.74, 6) is 0. The van der Waals surface area contributed by atoms with Gasteiger partial charge in [-0.15, -0.1) is 0 Å². The number of morpholine rings is 1. The number of carbonyl (C=O) groups is 1. The molecule has 1 aliphatic heterocycles. The SMILES string of the molecule is C[C@H](O)C[C@@H]1COCCN1C(=O)N[C@@H](C)c1cccc2ccccc12. The van der Waals surface area contributed by atoms with Crippen LogP contribution in [0, 0.1) is 0 Å². The van der Waals surface area contributed by atoms with Gasteiger partial charge in [0, 0.05) is 6.54 Å². The van der Waals surface area contributed by atoms with Crippen LogP contribution in [0.4, 0.5) is 4.79 Å². The van der Waals surface area contributed by atoms with Gasteiger partial charge in [0.05, 0.1) is 31.4 Å². The molecule has 0 bridgehead atoms. The van der Waals surface area contributed by atoms with Crippen LogP contribution in [0.3, 0.4) is 0 Å². The average Bonchev–Trinajstić information content (AvgIpc) is 2.61. The van der Waals surface area contributed by atoms with Gasteiger partial charge in [0.25, 0.3) is 0 Å². The molecule has 0 unspecified atom stereocenters. The number of nitrogens with one attached hydrogen (secondary N) is 1. The number of benzene rings is 2. The van der Waals surface area contributed by atoms with Gasteiger partial charge in [0.1, 0.15) is 0 Å². The van der Waals surface area contributed by atoms with E-state index in [1.807, 2.05) is 25.1 Å². The molecule has 2 aromatic carbocycles. The summed E-state index contributed by atoms with van der Waals surface area (Å²) >= 11 is 0. The minimum Gasteiger partial charge on any atom is -0.393 e. The first kappa shape index (κ1) is 17.7. The van der Waals surface area contributed by atoms with Gasteiger partial charge in [-0.25, -0.2) is 4.79 Å². The van der Waals surface area contributed by atoms with Gasteiger partial charge in [-0.1, -0.05) is 42.5 Å². The van der Waals surface area contributed by atoms with Gasteiger partial charge in [-0.05, 0) is 36.6 Å². The van der Waals surface area contributed by atoms with E-state index in [2.05, 4.69) is 29.6 Å². The zero-order valence-corrected chi connectivity index (χ0v) is 14.8. The zero-order chi connectivity index (χ0) is 17.8. The third-order valence-electron chi connectivity index (χ3n) is 4.73. The number of carbonyl (C=O) groups excluding carboxylic acids is 1. The van der Waals surface area contributed by atoms with Crippen LogP contribution in [-0.4, -0.2) is 47.9 Å². The minimum atomic E-state index is -0.461. The van der Waals surface area contributed by atoms with Gasteiger partial charge in [0.2, 0.25) is 0 Å². The van der Waals surface area contributed by atoms with E-state index in [0.717, 1.165) is 10.9 Å². The Morgan fingerprint density at radius 3 is 2.84 bits per heavy atom. The molecule has 0 spiro atoms. The summed E-state index contributed by atoms with van der Waals surface area (Å²) in [5, 5.41) is 15.1. The lowest BCUT2D eigenvalue weighted by atomic mass is 10.00. The molecule has 25 heavy (non-hydrogen) atoms. The number of fused-ring (bicyclic) bond motifs is 1. The molecule has 0 saturated carbocycles. The van der Waals surface area contributed by atoms with E-state index in [1.165, 1.54) is 5.39 Å². The summed E-state index contributed by atoms with van der Waals surface area (Å²) < 4.78 is 5.48. The first-order chi connectivity index (χ1) is 12.1. The molecule has 0 aromatic heterocycles. The molecule has 1 saturated heterocycles. The standard InChI is InChI=1S/C20H26N2O3/c1-14(23)12-17-13-25-11-10-22(17)20(24)21-15(2)18-9-5-7-16-6-3-4-8-19(16)18/h3-9,14-15,17,23H,10-13H2,1-2H3,(H,21,24)/t14-,15-,17+/m0/s1. The average molecular weight is 342 g/mol. The summed E-state index contributed by atoms with van der Waals surface area (Å²) in [7, 11) is 0. The molecular weight excluding hydrogens is 316 g/mol. The first-order valence-electron chi connectivity index (χ1n) is 8.87. The van der Waals surface area contributed by atoms with Crippen molar-refractivity contribution in [2.45, 2.75) is 38.5 Å². The van der Waals surface area contributed by atoms with Crippen LogP contribution >= 0.6 is 0 Å². The van der Waals surface area contributed by atoms with E-state index in [-0.39, 0.29) is 18.1 Å². The number of urea groups is 1. The Labute approximate surface area is 148 Å². The summed E-state index contributed by atoms with van der Waals surface area (Å²) in [6.45, 7) is 5.30. The Kier molecular flexibility index (Phi) is 5.56. The third kappa shape index (κ3) is 4.11. The Hall–Kier alpha value is -2.11. The van der Waals surface area contributed by atoms with Crippen molar-refractivity contribution < 1.29 is 14.6 Å². The van der Waals surface area contributed by atoms with Crippen LogP contribution in [0.2, 0.25) is 0 Å². The molecule has 2 aromatic rings. The topological polar surface area (TPSA) is 61.8 Å². The number of nitrogens with zero attached hydrogens (tertiary/aromatic N) is 1. The van der Waals surface area contributed by atoms with Crippen LogP contribution in [-0.2, 0) is 4.74 Å². The molecule has 1 heterocycles. The largest absolute Gasteiger partial charge is 0.393 e. The highest BCUT2D eigenvalue weighted by atomic mass is 16.5. The summed E-state index contributed by atoms with van der Waals surface area (Å²) in [4.78, 5) is 14.6. The molecule has 1 aliphatic rings. The van der Waals surface area contributed by atoms with Crippen LogP contribution in [0.25, 0.3) is 10.8 Å². The van der Waals surface area contributed by atoms with E-state index >= 15 is 0 Å². The van der Waals surface area contributed by atoms with Crippen molar-refractivity contribution in [3.8, 4) is 0 Å². The highest BCUT2D eigenvalue weighted by molar-refractivity contribution is 5.86. The van der Waals surface area contributed by atoms with E-state index in [1.54, 1.807) is 11.8 Å². The lowest BCUT2D eigenvalue weighted by molar-refractivity contribution is -0.00473. The predicted molar refractivity (Wildman–Crippen MR) is 98.5 cm³/mol. The van der Waals surface area contributed by atoms with E-state index in [9.17, 15) is 9.90 Å². The van der Waals surface area contributed by atoms with E-state index in [0.29, 0.717) is 26.2 Å². The number of ether oxygens (including phenoxy) is 1. The lowest BCUT2D eigenvalue weighted by Gasteiger charge is -2.37. The molecule has 2 N–H and O–H groups in total. The second kappa shape index (κ2) is 7.85. The number of amides is 2. The Morgan fingerprint density at radius 2 is 2.04 bits per heavy atom. The summed E-state index contributed by atoms with van der Waals surface area (Å²) in [6.07, 6.45) is 0.0632. The predicted octanol–water partition coefficient (Wildman–Crippen LogP) is 3.08. The zero-order valence-electron chi connectivity index (χ0n) is 14.8. The van der Waals surface area contributed by atoms with Crippen LogP contribution in [0.5, 0.6) is 0 Å². The van der Waals surface area contributed by atoms with Crippen molar-refractivity contribution in [3.63, 3.8) is 0 Å². The molecule has 134 valence electrons. The van der Waals surface area contributed by atoms with Gasteiger partial charge in [-0.3, -0.25) is 0 Å². The maximum atomic E-state index is 12.8. The van der Waals surface area contributed by atoms with Crippen molar-refractivity contribution in [1.29, 1.82) is 0 Å². The number of aliphatic hydroxyl groups excluding tert-OH is 1. The molecule has 3 rings (SSSR count). The first-order valence-corrected chi connectivity index (χ1v) is 8.87. The Balaban J connectivity index is 1.75. The highest BCUT2D eigenvalue weighted by Crippen LogP contribution is 2.24. The number of rotatable bonds is 4. The van der Waals surface area contributed by atoms with Crippen molar-refractivity contribution in [3.05, 3.63) is 48.0 Å². The minimum absolute atomic E-state index is 0.0894. The summed E-state index contributed by atoms with van der Waals surface area (Å²) in [6, 6.07) is 14.0. The maximum absolute atomic E-state index is 12.8. The van der Waals surface area contributed by atoms with Crippen molar-refractivity contribution in [2.75, 3.05) is 19.8 Å². The van der Waals surface area contributed by atoms with Gasteiger partial charge < -0.3 is 20.1 Å². The second-order valence-electron chi connectivity index (χ2n) is 6.75. The number of hydrogen-bond donors (Lipinski definition) is 2. The molecule has 3 atom stereocenters. The third-order valence-corrected chi connectivity index (χ3v) is 4.73. The fourth-order valence-corrected chi connectivity index (χ4v) is 3.49. The van der Waals surface area contributed by atoms with Gasteiger partial charge >= 0.3 is 6.03 Å². The smallest absolute Gasteiger partial charge is 0.318 e. The molecule has 0 radical (unpaired) electrons. The van der Waals surface area contributed by atoms with Crippen molar-refractivity contribution in [1.82, 2.24) is 10.2 Å². The van der Waals surface area contributed by atoms with Crippen molar-refractivity contribution in [2.24, 2.45) is 0 Å². The molecule has 0 aliphatic carbocycles. The molecule has 5 nitrogen and oxygen atoms in total. The van der Waals surface area contributed by atoms with Crippen LogP contribution < -0.4 is 5.32 Å². The molecule has 5 heteroatoms. The van der Waals surface area contributed by atoms with Gasteiger partial charge in [-0.2, -0.15) is 0 Å². The molecular formula is C20H26N2O3. The number of hydrogen-bond acceptors (Lipinski definition) is 3. The van der Waals surface area contributed by atoms with E-state index < -0.39 is 6.10 Å². The summed E-state index contributed by atoms with van der Waals surface area (Å²) in [5.41, 5.74) is 1.10. The number of aliphatic hydroxyl groups is 1. The molecule has 2 amide bonds. The van der Waals surface area contributed by atoms with E-state index in [4.69, 9.17) is 4.74 Å². The normalized spacial score (nSPS) is 20.3. The van der Waals surface area contributed by atoms with Crippen LogP contribution in [0.15, 0.2) is 42.5 Å². The molecule has 1 fully saturated rings. The lowest BCUT2D eigenvalue weighted by Crippen LogP contribution is -2.53. The Morgan fingerprint density at radius 1 is 1.28 bits per heavy atom. The fraction of sp³-hybridized carbons (Fsp3) is 0.450.